The molecule has 1 saturated heterocycles. The van der Waals surface area contributed by atoms with Crippen molar-refractivity contribution in [1.82, 2.24) is 19.4 Å². The van der Waals surface area contributed by atoms with Gasteiger partial charge in [-0.05, 0) is 56.7 Å². The van der Waals surface area contributed by atoms with Gasteiger partial charge in [0.25, 0.3) is 11.9 Å². The highest BCUT2D eigenvalue weighted by Gasteiger charge is 2.37. The number of hydrogen-bond donors (Lipinski definition) is 2. The number of aromatic carboxylic acids is 1. The zero-order chi connectivity index (χ0) is 41.6. The zero-order valence-electron chi connectivity index (χ0n) is 32.8. The summed E-state index contributed by atoms with van der Waals surface area (Å²) in [6.07, 6.45) is 3.00. The number of carbonyl (C=O) groups excluding carboxylic acids is 1. The fourth-order valence-corrected chi connectivity index (χ4v) is 7.67. The molecule has 4 heterocycles. The average molecular weight is 797 g/mol. The maximum absolute atomic E-state index is 16.3. The summed E-state index contributed by atoms with van der Waals surface area (Å²) in [5, 5.41) is 9.16. The average Bonchev–Trinajstić information content (AvgIpc) is 3.44. The number of carboxylic acid groups (broad SMARTS) is 1. The quantitative estimate of drug-likeness (QED) is 0.185. The lowest BCUT2D eigenvalue weighted by molar-refractivity contribution is -0.112. The monoisotopic (exact) mass is 796 g/mol. The van der Waals surface area contributed by atoms with Crippen molar-refractivity contribution < 1.29 is 37.7 Å². The fourth-order valence-electron chi connectivity index (χ4n) is 7.67. The fraction of sp³-hybridized carbons (Fsp3) is 0.317. The molecule has 2 aromatic heterocycles. The van der Waals surface area contributed by atoms with Crippen LogP contribution in [0.4, 0.5) is 31.9 Å². The molecule has 1 atom stereocenters. The number of piperazine rings is 1. The number of nitrogens with two attached hydrogens (primary N) is 1. The number of nitrogens with zero attached hydrogens (tertiary/aromatic N) is 7. The first-order valence-corrected chi connectivity index (χ1v) is 18.5. The van der Waals surface area contributed by atoms with E-state index in [1.165, 1.54) is 25.9 Å². The molecule has 0 saturated carbocycles. The molecule has 1 fully saturated rings. The summed E-state index contributed by atoms with van der Waals surface area (Å²) < 4.78 is 49.7. The van der Waals surface area contributed by atoms with Crippen LogP contribution in [0.1, 0.15) is 46.5 Å². The third-order valence-corrected chi connectivity index (χ3v) is 10.5. The predicted molar refractivity (Wildman–Crippen MR) is 214 cm³/mol. The van der Waals surface area contributed by atoms with Gasteiger partial charge in [-0.3, -0.25) is 19.4 Å². The lowest BCUT2D eigenvalue weighted by atomic mass is 10.1. The van der Waals surface area contributed by atoms with Crippen LogP contribution in [-0.2, 0) is 17.8 Å². The number of carbonyl (C=O) groups is 2. The van der Waals surface area contributed by atoms with Crippen LogP contribution in [0, 0.1) is 18.6 Å². The predicted octanol–water partition coefficient (Wildman–Crippen LogP) is 4.93. The Labute approximate surface area is 331 Å². The van der Waals surface area contributed by atoms with E-state index in [1.807, 2.05) is 49.1 Å². The second-order valence-electron chi connectivity index (χ2n) is 14.1. The van der Waals surface area contributed by atoms with Gasteiger partial charge >= 0.3 is 5.97 Å². The highest BCUT2D eigenvalue weighted by molar-refractivity contribution is 6.54. The molecule has 2 aliphatic heterocycles. The van der Waals surface area contributed by atoms with Gasteiger partial charge in [-0.1, -0.05) is 11.6 Å². The Bertz CT molecular complexity index is 2550. The molecule has 3 aromatic carbocycles. The van der Waals surface area contributed by atoms with Crippen molar-refractivity contribution in [1.29, 1.82) is 0 Å². The van der Waals surface area contributed by atoms with E-state index in [0.717, 1.165) is 23.4 Å². The Balaban J connectivity index is 1.12. The van der Waals surface area contributed by atoms with Crippen molar-refractivity contribution in [2.24, 2.45) is 4.99 Å². The van der Waals surface area contributed by atoms with Crippen molar-refractivity contribution >= 4 is 51.6 Å². The van der Waals surface area contributed by atoms with Crippen LogP contribution >= 0.6 is 0 Å². The minimum absolute atomic E-state index is 0.0122. The first kappa shape index (κ1) is 39.6. The molecule has 302 valence electrons. The third-order valence-electron chi connectivity index (χ3n) is 10.5. The van der Waals surface area contributed by atoms with Gasteiger partial charge in [0.05, 0.1) is 44.6 Å². The van der Waals surface area contributed by atoms with Crippen LogP contribution in [0.15, 0.2) is 58.6 Å². The molecule has 0 aliphatic carbocycles. The van der Waals surface area contributed by atoms with Crippen LogP contribution in [-0.4, -0.2) is 95.8 Å². The van der Waals surface area contributed by atoms with Crippen molar-refractivity contribution in [3.63, 3.8) is 0 Å². The van der Waals surface area contributed by atoms with E-state index in [-0.39, 0.29) is 59.7 Å². The Kier molecular flexibility index (Phi) is 10.7. The standard InChI is InChI=1S/C41H42F2N8O7/c1-7-49-19-27(40(54)55)36(52)26-16-28(42)35(32(43)34(26)49)50-11-10-48(18-22(50)3)20-51-29-9-8-21(2)12-25(29)33(39(51)53)46-41-45-17-24(38(44)47-41)13-23-14-30(56-4)37(58-6)31(15-23)57-5/h8-9,12,14-17,19,22H,7,10-11,13,18,20H2,1-6H3,(H,54,55)(H2,44,45,47)/b46-33-. The second-order valence-corrected chi connectivity index (χ2v) is 14.1. The zero-order valence-corrected chi connectivity index (χ0v) is 32.8. The number of ether oxygens (including phenoxy) is 3. The number of aryl methyl sites for hydroxylation is 2. The highest BCUT2D eigenvalue weighted by atomic mass is 19.1. The molecule has 1 unspecified atom stereocenters. The number of fused-ring (bicyclic) bond motifs is 2. The molecule has 1 amide bonds. The number of rotatable bonds is 11. The number of carboxylic acids is 1. The van der Waals surface area contributed by atoms with E-state index in [9.17, 15) is 19.5 Å². The Morgan fingerprint density at radius 2 is 1.78 bits per heavy atom. The topological polar surface area (TPSA) is 178 Å². The smallest absolute Gasteiger partial charge is 0.341 e. The van der Waals surface area contributed by atoms with Gasteiger partial charge in [-0.15, -0.1) is 0 Å². The van der Waals surface area contributed by atoms with Gasteiger partial charge in [0, 0.05) is 62.2 Å². The number of hydrogen-bond acceptors (Lipinski definition) is 12. The van der Waals surface area contributed by atoms with Crippen molar-refractivity contribution in [3.05, 3.63) is 98.5 Å². The van der Waals surface area contributed by atoms with Gasteiger partial charge in [0.2, 0.25) is 11.2 Å². The number of pyridine rings is 1. The van der Waals surface area contributed by atoms with E-state index in [0.29, 0.717) is 53.6 Å². The SMILES string of the molecule is CCn1cc(C(=O)O)c(=O)c2cc(F)c(N3CCN(CN4C(=O)/C(=N\c5ncc(Cc6cc(OC)c(OC)c(OC)c6)c(N)n5)c5cc(C)ccc54)CC3C)c(F)c21. The lowest BCUT2D eigenvalue weighted by Gasteiger charge is -2.42. The number of methoxy groups -OCH3 is 3. The van der Waals surface area contributed by atoms with Crippen LogP contribution < -0.4 is 35.2 Å². The highest BCUT2D eigenvalue weighted by Crippen LogP contribution is 2.39. The van der Waals surface area contributed by atoms with Gasteiger partial charge in [0.15, 0.2) is 17.3 Å². The molecule has 5 aromatic rings. The summed E-state index contributed by atoms with van der Waals surface area (Å²) in [6.45, 7) is 6.59. The summed E-state index contributed by atoms with van der Waals surface area (Å²) >= 11 is 0. The number of halogens is 2. The van der Waals surface area contributed by atoms with Gasteiger partial charge in [0.1, 0.15) is 28.6 Å². The largest absolute Gasteiger partial charge is 0.493 e. The Morgan fingerprint density at radius 1 is 1.05 bits per heavy atom. The van der Waals surface area contributed by atoms with E-state index < -0.39 is 34.6 Å². The minimum atomic E-state index is -1.48. The van der Waals surface area contributed by atoms with Crippen LogP contribution in [0.3, 0.4) is 0 Å². The Morgan fingerprint density at radius 3 is 2.40 bits per heavy atom. The molecule has 3 N–H and O–H groups in total. The second kappa shape index (κ2) is 15.7. The molecule has 0 radical (unpaired) electrons. The summed E-state index contributed by atoms with van der Waals surface area (Å²) in [5.41, 5.74) is 8.16. The normalized spacial score (nSPS) is 16.3. The van der Waals surface area contributed by atoms with E-state index in [1.54, 1.807) is 22.9 Å². The number of aromatic nitrogens is 3. The maximum Gasteiger partial charge on any atom is 0.341 e. The van der Waals surface area contributed by atoms with Crippen LogP contribution in [0.25, 0.3) is 10.9 Å². The molecule has 17 heteroatoms. The van der Waals surface area contributed by atoms with E-state index >= 15 is 8.78 Å². The molecular formula is C41H42F2N8O7. The summed E-state index contributed by atoms with van der Waals surface area (Å²) in [5.74, 6) is -2.12. The first-order valence-electron chi connectivity index (χ1n) is 18.5. The van der Waals surface area contributed by atoms with Gasteiger partial charge in [-0.2, -0.15) is 4.98 Å². The molecular weight excluding hydrogens is 754 g/mol. The first-order chi connectivity index (χ1) is 27.8. The van der Waals surface area contributed by atoms with E-state index in [2.05, 4.69) is 15.0 Å². The number of aliphatic imine (C=N–C) groups is 1. The molecule has 15 nitrogen and oxygen atoms in total. The van der Waals surface area contributed by atoms with Gasteiger partial charge in [-0.25, -0.2) is 23.6 Å². The maximum atomic E-state index is 16.3. The Hall–Kier alpha value is -6.62. The number of amides is 1. The molecule has 0 bridgehead atoms. The van der Waals surface area contributed by atoms with Crippen molar-refractivity contribution in [2.75, 3.05) is 63.2 Å². The van der Waals surface area contributed by atoms with Crippen LogP contribution in [0.2, 0.25) is 0 Å². The summed E-state index contributed by atoms with van der Waals surface area (Å²) in [7, 11) is 4.59. The van der Waals surface area contributed by atoms with Crippen molar-refractivity contribution in [2.45, 2.75) is 39.8 Å². The molecule has 0 spiro atoms. The van der Waals surface area contributed by atoms with E-state index in [4.69, 9.17) is 19.9 Å². The molecule has 7 rings (SSSR count). The lowest BCUT2D eigenvalue weighted by Crippen LogP contribution is -2.55. The van der Waals surface area contributed by atoms with Crippen LogP contribution in [0.5, 0.6) is 17.2 Å². The molecule has 58 heavy (non-hydrogen) atoms. The van der Waals surface area contributed by atoms with Gasteiger partial charge < -0.3 is 34.5 Å². The van der Waals surface area contributed by atoms with Crippen molar-refractivity contribution in [3.8, 4) is 17.2 Å². The summed E-state index contributed by atoms with van der Waals surface area (Å²) in [6, 6.07) is 9.73. The third kappa shape index (κ3) is 7.01. The molecule has 2 aliphatic rings. The summed E-state index contributed by atoms with van der Waals surface area (Å²) in [4.78, 5) is 57.4. The number of anilines is 3. The minimum Gasteiger partial charge on any atom is -0.493 e. The number of benzene rings is 3. The number of nitrogen functional groups attached to an aromatic ring is 1.